The Labute approximate surface area is 110 Å². The maximum atomic E-state index is 5.85. The van der Waals surface area contributed by atoms with Crippen LogP contribution in [0.2, 0.25) is 0 Å². The molecule has 2 heterocycles. The number of pyridine rings is 1. The zero-order chi connectivity index (χ0) is 13.1. The molecular weight excluding hydrogens is 222 g/mol. The van der Waals surface area contributed by atoms with Gasteiger partial charge in [-0.2, -0.15) is 0 Å². The minimum atomic E-state index is 0.493. The lowest BCUT2D eigenvalue weighted by Gasteiger charge is -2.23. The third-order valence-corrected chi connectivity index (χ3v) is 3.43. The average Bonchev–Trinajstić information content (AvgIpc) is 2.28. The van der Waals surface area contributed by atoms with E-state index in [2.05, 4.69) is 44.8 Å². The maximum Gasteiger partial charge on any atom is 0.221 e. The van der Waals surface area contributed by atoms with Crippen LogP contribution in [0.4, 0.5) is 0 Å². The first-order chi connectivity index (χ1) is 8.61. The molecule has 2 rings (SSSR count). The molecule has 0 radical (unpaired) electrons. The summed E-state index contributed by atoms with van der Waals surface area (Å²) in [6.45, 7) is 9.71. The predicted molar refractivity (Wildman–Crippen MR) is 75.9 cm³/mol. The van der Waals surface area contributed by atoms with E-state index >= 15 is 0 Å². The summed E-state index contributed by atoms with van der Waals surface area (Å²) in [5, 5.41) is 0. The van der Waals surface area contributed by atoms with Crippen LogP contribution in [-0.2, 0) is 0 Å². The van der Waals surface area contributed by atoms with Crippen molar-refractivity contribution in [3.8, 4) is 5.88 Å². The van der Waals surface area contributed by atoms with E-state index in [1.165, 1.54) is 16.7 Å². The molecule has 98 valence electrons. The number of allylic oxidation sites excluding steroid dienone is 2. The summed E-state index contributed by atoms with van der Waals surface area (Å²) >= 11 is 0. The van der Waals surface area contributed by atoms with E-state index < -0.39 is 0 Å². The van der Waals surface area contributed by atoms with Gasteiger partial charge in [-0.05, 0) is 41.9 Å². The van der Waals surface area contributed by atoms with Crippen LogP contribution < -0.4 is 4.74 Å². The quantitative estimate of drug-likeness (QED) is 0.769. The van der Waals surface area contributed by atoms with E-state index in [-0.39, 0.29) is 0 Å². The number of aromatic nitrogens is 1. The van der Waals surface area contributed by atoms with E-state index in [1.807, 2.05) is 6.20 Å². The van der Waals surface area contributed by atoms with Gasteiger partial charge in [-0.15, -0.1) is 0 Å². The van der Waals surface area contributed by atoms with Crippen LogP contribution >= 0.6 is 0 Å². The lowest BCUT2D eigenvalue weighted by atomic mass is 9.87. The molecular formula is C16H23NO. The minimum absolute atomic E-state index is 0.493. The predicted octanol–water partition coefficient (Wildman–Crippen LogP) is 4.42. The Morgan fingerprint density at radius 1 is 1.17 bits per heavy atom. The van der Waals surface area contributed by atoms with Crippen LogP contribution in [-0.4, -0.2) is 11.6 Å². The van der Waals surface area contributed by atoms with Gasteiger partial charge in [-0.3, -0.25) is 0 Å². The average molecular weight is 245 g/mol. The monoisotopic (exact) mass is 245 g/mol. The Morgan fingerprint density at radius 2 is 1.94 bits per heavy atom. The summed E-state index contributed by atoms with van der Waals surface area (Å²) < 4.78 is 5.85. The summed E-state index contributed by atoms with van der Waals surface area (Å²) in [6, 6.07) is 2.13. The molecule has 0 N–H and O–H groups in total. The van der Waals surface area contributed by atoms with Gasteiger partial charge in [-0.1, -0.05) is 33.8 Å². The van der Waals surface area contributed by atoms with Gasteiger partial charge in [0.2, 0.25) is 5.88 Å². The minimum Gasteiger partial charge on any atom is -0.477 e. The number of hydrogen-bond donors (Lipinski definition) is 0. The molecule has 0 spiro atoms. The van der Waals surface area contributed by atoms with E-state index in [9.17, 15) is 0 Å². The number of hydrogen-bond acceptors (Lipinski definition) is 2. The molecule has 1 aliphatic heterocycles. The van der Waals surface area contributed by atoms with Crippen LogP contribution in [0.25, 0.3) is 5.57 Å². The largest absolute Gasteiger partial charge is 0.477 e. The standard InChI is InChI=1S/C16H23NO/c1-11(2)13-7-5-6-10-18-16-15(13)14(12(3)4)8-9-17-16/h7-9,11-12H,5-6,10H2,1-4H3/b13-7-. The van der Waals surface area contributed by atoms with Gasteiger partial charge in [-0.25, -0.2) is 4.98 Å². The molecule has 0 unspecified atom stereocenters. The van der Waals surface area contributed by atoms with Crippen molar-refractivity contribution in [1.82, 2.24) is 4.98 Å². The molecule has 0 aromatic carbocycles. The lowest BCUT2D eigenvalue weighted by molar-refractivity contribution is 0.297. The van der Waals surface area contributed by atoms with Gasteiger partial charge in [0.05, 0.1) is 6.61 Å². The summed E-state index contributed by atoms with van der Waals surface area (Å²) in [6.07, 6.45) is 6.41. The van der Waals surface area contributed by atoms with Gasteiger partial charge in [0.1, 0.15) is 0 Å². The van der Waals surface area contributed by atoms with E-state index in [4.69, 9.17) is 4.74 Å². The molecule has 1 aromatic rings. The van der Waals surface area contributed by atoms with Gasteiger partial charge in [0, 0.05) is 11.8 Å². The highest BCUT2D eigenvalue weighted by atomic mass is 16.5. The highest BCUT2D eigenvalue weighted by molar-refractivity contribution is 5.73. The van der Waals surface area contributed by atoms with Crippen molar-refractivity contribution in [2.45, 2.75) is 46.5 Å². The SMILES string of the molecule is CC(C)/C1=C/CCCOc2nccc(C(C)C)c21. The molecule has 0 amide bonds. The van der Waals surface area contributed by atoms with Crippen LogP contribution in [0.15, 0.2) is 18.3 Å². The van der Waals surface area contributed by atoms with E-state index in [0.29, 0.717) is 11.8 Å². The fraction of sp³-hybridized carbons (Fsp3) is 0.562. The highest BCUT2D eigenvalue weighted by Crippen LogP contribution is 2.37. The van der Waals surface area contributed by atoms with Gasteiger partial charge in [0.25, 0.3) is 0 Å². The first-order valence-electron chi connectivity index (χ1n) is 6.93. The van der Waals surface area contributed by atoms with Crippen molar-refractivity contribution in [1.29, 1.82) is 0 Å². The van der Waals surface area contributed by atoms with Crippen LogP contribution in [0.3, 0.4) is 0 Å². The molecule has 1 aromatic heterocycles. The Bertz CT molecular complexity index is 446. The zero-order valence-electron chi connectivity index (χ0n) is 11.9. The first-order valence-corrected chi connectivity index (χ1v) is 6.93. The van der Waals surface area contributed by atoms with Gasteiger partial charge >= 0.3 is 0 Å². The van der Waals surface area contributed by atoms with Crippen molar-refractivity contribution in [2.24, 2.45) is 5.92 Å². The molecule has 18 heavy (non-hydrogen) atoms. The zero-order valence-corrected chi connectivity index (χ0v) is 11.9. The number of nitrogens with zero attached hydrogens (tertiary/aromatic N) is 1. The Kier molecular flexibility index (Phi) is 4.05. The Morgan fingerprint density at radius 3 is 2.61 bits per heavy atom. The Balaban J connectivity index is 2.60. The van der Waals surface area contributed by atoms with Crippen molar-refractivity contribution in [3.05, 3.63) is 29.5 Å². The second-order valence-corrected chi connectivity index (χ2v) is 5.54. The molecule has 0 aliphatic carbocycles. The topological polar surface area (TPSA) is 22.1 Å². The summed E-state index contributed by atoms with van der Waals surface area (Å²) in [5.41, 5.74) is 3.98. The molecule has 2 nitrogen and oxygen atoms in total. The smallest absolute Gasteiger partial charge is 0.221 e. The third-order valence-electron chi connectivity index (χ3n) is 3.43. The second-order valence-electron chi connectivity index (χ2n) is 5.54. The van der Waals surface area contributed by atoms with Crippen LogP contribution in [0.1, 0.15) is 57.6 Å². The summed E-state index contributed by atoms with van der Waals surface area (Å²) in [4.78, 5) is 4.43. The first kappa shape index (κ1) is 13.1. The molecule has 0 saturated carbocycles. The fourth-order valence-electron chi connectivity index (χ4n) is 2.47. The van der Waals surface area contributed by atoms with Crippen molar-refractivity contribution < 1.29 is 4.74 Å². The molecule has 2 heteroatoms. The molecule has 1 aliphatic rings. The van der Waals surface area contributed by atoms with E-state index in [0.717, 1.165) is 25.3 Å². The second kappa shape index (κ2) is 5.55. The summed E-state index contributed by atoms with van der Waals surface area (Å²) in [5.74, 6) is 1.82. The Hall–Kier alpha value is -1.31. The number of ether oxygens (including phenoxy) is 1. The van der Waals surface area contributed by atoms with Crippen LogP contribution in [0.5, 0.6) is 5.88 Å². The van der Waals surface area contributed by atoms with Gasteiger partial charge < -0.3 is 4.74 Å². The molecule has 0 fully saturated rings. The molecule has 0 bridgehead atoms. The molecule has 0 saturated heterocycles. The van der Waals surface area contributed by atoms with E-state index in [1.54, 1.807) is 0 Å². The fourth-order valence-corrected chi connectivity index (χ4v) is 2.47. The van der Waals surface area contributed by atoms with Crippen molar-refractivity contribution >= 4 is 5.57 Å². The van der Waals surface area contributed by atoms with Crippen LogP contribution in [0, 0.1) is 5.92 Å². The van der Waals surface area contributed by atoms with Crippen molar-refractivity contribution in [2.75, 3.05) is 6.61 Å². The van der Waals surface area contributed by atoms with Gasteiger partial charge in [0.15, 0.2) is 0 Å². The number of fused-ring (bicyclic) bond motifs is 1. The normalized spacial score (nSPS) is 18.7. The maximum absolute atomic E-state index is 5.85. The third kappa shape index (κ3) is 2.58. The highest BCUT2D eigenvalue weighted by Gasteiger charge is 2.20. The number of rotatable bonds is 2. The summed E-state index contributed by atoms with van der Waals surface area (Å²) in [7, 11) is 0. The molecule has 0 atom stereocenters. The lowest BCUT2D eigenvalue weighted by Crippen LogP contribution is -2.10. The van der Waals surface area contributed by atoms with Crippen molar-refractivity contribution in [3.63, 3.8) is 0 Å².